The van der Waals surface area contributed by atoms with Crippen molar-refractivity contribution in [3.8, 4) is 0 Å². The summed E-state index contributed by atoms with van der Waals surface area (Å²) < 4.78 is 0. The van der Waals surface area contributed by atoms with Gasteiger partial charge in [-0.25, -0.2) is 4.79 Å². The molecule has 4 heteroatoms. The molecule has 3 unspecified atom stereocenters. The van der Waals surface area contributed by atoms with Crippen LogP contribution in [-0.4, -0.2) is 29.8 Å². The fraction of sp³-hybridized carbons (Fsp3) is 0.929. The first-order valence-corrected chi connectivity index (χ1v) is 7.39. The topological polar surface area (TPSA) is 61.4 Å². The van der Waals surface area contributed by atoms with Crippen molar-refractivity contribution in [2.45, 2.75) is 70.9 Å². The van der Waals surface area contributed by atoms with Gasteiger partial charge in [-0.3, -0.25) is 0 Å². The van der Waals surface area contributed by atoms with Gasteiger partial charge in [-0.15, -0.1) is 0 Å². The van der Waals surface area contributed by atoms with Gasteiger partial charge in [0.2, 0.25) is 0 Å². The minimum Gasteiger partial charge on any atom is -0.393 e. The Kier molecular flexibility index (Phi) is 7.09. The van der Waals surface area contributed by atoms with Gasteiger partial charge in [0.05, 0.1) is 6.10 Å². The molecule has 0 aliphatic heterocycles. The predicted molar refractivity (Wildman–Crippen MR) is 73.5 cm³/mol. The highest BCUT2D eigenvalue weighted by atomic mass is 16.3. The molecule has 4 nitrogen and oxygen atoms in total. The zero-order valence-electron chi connectivity index (χ0n) is 11.7. The largest absolute Gasteiger partial charge is 0.393 e. The highest BCUT2D eigenvalue weighted by molar-refractivity contribution is 5.74. The van der Waals surface area contributed by atoms with Gasteiger partial charge in [-0.1, -0.05) is 33.1 Å². The van der Waals surface area contributed by atoms with E-state index >= 15 is 0 Å². The lowest BCUT2D eigenvalue weighted by Crippen LogP contribution is -2.47. The van der Waals surface area contributed by atoms with E-state index in [1.807, 2.05) is 6.92 Å². The molecule has 1 rings (SSSR count). The van der Waals surface area contributed by atoms with Gasteiger partial charge in [0, 0.05) is 12.6 Å². The predicted octanol–water partition coefficient (Wildman–Crippen LogP) is 2.42. The number of carbonyl (C=O) groups is 1. The van der Waals surface area contributed by atoms with Crippen molar-refractivity contribution in [2.24, 2.45) is 5.92 Å². The molecule has 3 atom stereocenters. The second-order valence-corrected chi connectivity index (χ2v) is 5.31. The van der Waals surface area contributed by atoms with Crippen LogP contribution >= 0.6 is 0 Å². The van der Waals surface area contributed by atoms with Crippen molar-refractivity contribution in [1.82, 2.24) is 10.6 Å². The van der Waals surface area contributed by atoms with Crippen LogP contribution in [0.25, 0.3) is 0 Å². The summed E-state index contributed by atoms with van der Waals surface area (Å²) >= 11 is 0. The smallest absolute Gasteiger partial charge is 0.315 e. The van der Waals surface area contributed by atoms with Crippen molar-refractivity contribution in [2.75, 3.05) is 6.54 Å². The maximum Gasteiger partial charge on any atom is 0.315 e. The Morgan fingerprint density at radius 3 is 2.72 bits per heavy atom. The molecule has 3 N–H and O–H groups in total. The van der Waals surface area contributed by atoms with E-state index in [9.17, 15) is 9.90 Å². The van der Waals surface area contributed by atoms with E-state index in [4.69, 9.17) is 0 Å². The first-order chi connectivity index (χ1) is 8.67. The third-order valence-corrected chi connectivity index (χ3v) is 3.98. The first kappa shape index (κ1) is 15.3. The van der Waals surface area contributed by atoms with Crippen LogP contribution in [0.5, 0.6) is 0 Å². The number of urea groups is 1. The fourth-order valence-corrected chi connectivity index (χ4v) is 2.66. The Morgan fingerprint density at radius 2 is 2.06 bits per heavy atom. The number of hydrogen-bond donors (Lipinski definition) is 3. The number of hydrogen-bond acceptors (Lipinski definition) is 2. The van der Waals surface area contributed by atoms with Crippen LogP contribution in [0, 0.1) is 5.92 Å². The molecule has 0 radical (unpaired) electrons. The SMILES string of the molecule is CCC(O)CCNC(=O)NC1CCCCC1CC. The van der Waals surface area contributed by atoms with E-state index in [2.05, 4.69) is 17.6 Å². The van der Waals surface area contributed by atoms with Crippen LogP contribution in [0.1, 0.15) is 58.8 Å². The number of aliphatic hydroxyl groups excluding tert-OH is 1. The number of carbonyl (C=O) groups excluding carboxylic acids is 1. The molecule has 106 valence electrons. The molecule has 18 heavy (non-hydrogen) atoms. The number of aliphatic hydroxyl groups is 1. The Morgan fingerprint density at radius 1 is 1.33 bits per heavy atom. The maximum absolute atomic E-state index is 11.7. The summed E-state index contributed by atoms with van der Waals surface area (Å²) in [6.07, 6.45) is 7.05. The van der Waals surface area contributed by atoms with E-state index in [1.54, 1.807) is 0 Å². The van der Waals surface area contributed by atoms with E-state index in [0.717, 1.165) is 19.3 Å². The van der Waals surface area contributed by atoms with E-state index in [-0.39, 0.29) is 12.1 Å². The average Bonchev–Trinajstić information content (AvgIpc) is 2.39. The second kappa shape index (κ2) is 8.35. The van der Waals surface area contributed by atoms with Crippen LogP contribution in [0.4, 0.5) is 4.79 Å². The third-order valence-electron chi connectivity index (χ3n) is 3.98. The molecule has 0 bridgehead atoms. The van der Waals surface area contributed by atoms with Crippen molar-refractivity contribution < 1.29 is 9.90 Å². The Labute approximate surface area is 111 Å². The Bertz CT molecular complexity index is 246. The zero-order chi connectivity index (χ0) is 13.4. The normalized spacial score (nSPS) is 25.5. The van der Waals surface area contributed by atoms with E-state index in [1.165, 1.54) is 19.3 Å². The molecule has 2 amide bonds. The third kappa shape index (κ3) is 5.25. The minimum atomic E-state index is -0.302. The monoisotopic (exact) mass is 256 g/mol. The summed E-state index contributed by atoms with van der Waals surface area (Å²) in [5, 5.41) is 15.3. The van der Waals surface area contributed by atoms with Gasteiger partial charge >= 0.3 is 6.03 Å². The van der Waals surface area contributed by atoms with Crippen molar-refractivity contribution in [3.05, 3.63) is 0 Å². The molecule has 0 aromatic rings. The molecule has 1 aliphatic carbocycles. The lowest BCUT2D eigenvalue weighted by atomic mass is 9.83. The summed E-state index contributed by atoms with van der Waals surface area (Å²) in [7, 11) is 0. The molecule has 0 heterocycles. The van der Waals surface area contributed by atoms with Crippen molar-refractivity contribution >= 4 is 6.03 Å². The van der Waals surface area contributed by atoms with Crippen LogP contribution in [0.3, 0.4) is 0 Å². The molecular weight excluding hydrogens is 228 g/mol. The quantitative estimate of drug-likeness (QED) is 0.683. The van der Waals surface area contributed by atoms with Crippen LogP contribution in [0.2, 0.25) is 0 Å². The summed E-state index contributed by atoms with van der Waals surface area (Å²) in [6.45, 7) is 4.68. The Balaban J connectivity index is 2.21. The number of nitrogens with one attached hydrogen (secondary N) is 2. The highest BCUT2D eigenvalue weighted by Crippen LogP contribution is 2.26. The van der Waals surface area contributed by atoms with Gasteiger partial charge in [-0.2, -0.15) is 0 Å². The molecule has 1 fully saturated rings. The molecule has 0 spiro atoms. The zero-order valence-corrected chi connectivity index (χ0v) is 11.7. The summed E-state index contributed by atoms with van der Waals surface area (Å²) in [5.74, 6) is 0.630. The van der Waals surface area contributed by atoms with Gasteiger partial charge < -0.3 is 15.7 Å². The van der Waals surface area contributed by atoms with Gasteiger partial charge in [0.1, 0.15) is 0 Å². The van der Waals surface area contributed by atoms with Crippen molar-refractivity contribution in [1.29, 1.82) is 0 Å². The summed E-state index contributed by atoms with van der Waals surface area (Å²) in [4.78, 5) is 11.7. The lowest BCUT2D eigenvalue weighted by Gasteiger charge is -2.31. The molecule has 0 aromatic heterocycles. The van der Waals surface area contributed by atoms with Crippen LogP contribution in [-0.2, 0) is 0 Å². The van der Waals surface area contributed by atoms with Crippen LogP contribution < -0.4 is 10.6 Å². The highest BCUT2D eigenvalue weighted by Gasteiger charge is 2.24. The molecule has 1 aliphatic rings. The summed E-state index contributed by atoms with van der Waals surface area (Å²) in [6, 6.07) is 0.253. The molecule has 1 saturated carbocycles. The van der Waals surface area contributed by atoms with E-state index in [0.29, 0.717) is 24.9 Å². The average molecular weight is 256 g/mol. The number of rotatable bonds is 6. The minimum absolute atomic E-state index is 0.0800. The lowest BCUT2D eigenvalue weighted by molar-refractivity contribution is 0.159. The van der Waals surface area contributed by atoms with Crippen molar-refractivity contribution in [3.63, 3.8) is 0 Å². The molecular formula is C14H28N2O2. The van der Waals surface area contributed by atoms with Gasteiger partial charge in [0.15, 0.2) is 0 Å². The van der Waals surface area contributed by atoms with Gasteiger partial charge in [0.25, 0.3) is 0 Å². The van der Waals surface area contributed by atoms with Gasteiger partial charge in [-0.05, 0) is 31.6 Å². The standard InChI is InChI=1S/C14H28N2O2/c1-3-11-7-5-6-8-13(11)16-14(18)15-10-9-12(17)4-2/h11-13,17H,3-10H2,1-2H3,(H2,15,16,18). The summed E-state index contributed by atoms with van der Waals surface area (Å²) in [5.41, 5.74) is 0. The van der Waals surface area contributed by atoms with Crippen LogP contribution in [0.15, 0.2) is 0 Å². The number of amides is 2. The maximum atomic E-state index is 11.7. The fourth-order valence-electron chi connectivity index (χ4n) is 2.66. The first-order valence-electron chi connectivity index (χ1n) is 7.39. The Hall–Kier alpha value is -0.770. The molecule has 0 aromatic carbocycles. The second-order valence-electron chi connectivity index (χ2n) is 5.31. The van der Waals surface area contributed by atoms with E-state index < -0.39 is 0 Å². The molecule has 0 saturated heterocycles.